The summed E-state index contributed by atoms with van der Waals surface area (Å²) in [6.45, 7) is 3.79. The third-order valence-corrected chi connectivity index (χ3v) is 3.23. The Morgan fingerprint density at radius 3 is 2.76 bits per heavy atom. The summed E-state index contributed by atoms with van der Waals surface area (Å²) >= 11 is 0. The fourth-order valence-electron chi connectivity index (χ4n) is 2.32. The lowest BCUT2D eigenvalue weighted by Gasteiger charge is -2.26. The maximum absolute atomic E-state index is 13.5. The number of hydrogen-bond donors (Lipinski definition) is 1. The highest BCUT2D eigenvalue weighted by Crippen LogP contribution is 2.12. The number of benzene rings is 1. The minimum atomic E-state index is -0.104. The molecule has 0 bridgehead atoms. The quantitative estimate of drug-likeness (QED) is 0.869. The molecule has 0 saturated carbocycles. The van der Waals surface area contributed by atoms with Crippen molar-refractivity contribution in [3.05, 3.63) is 35.6 Å². The normalized spacial score (nSPS) is 19.2. The van der Waals surface area contributed by atoms with E-state index < -0.39 is 0 Å². The molecule has 94 valence electrons. The molecule has 1 unspecified atom stereocenters. The van der Waals surface area contributed by atoms with Crippen LogP contribution in [0.2, 0.25) is 0 Å². The maximum Gasteiger partial charge on any atom is 0.126 e. The standard InChI is InChI=1S/C14H20FNO/c1-11(16-13-6-8-17-9-7-13)10-12-4-2-3-5-14(12)15/h2-5,11,13,16H,6-10H2,1H3. The fourth-order valence-corrected chi connectivity index (χ4v) is 2.32. The Morgan fingerprint density at radius 1 is 1.35 bits per heavy atom. The summed E-state index contributed by atoms with van der Waals surface area (Å²) < 4.78 is 18.8. The van der Waals surface area contributed by atoms with Gasteiger partial charge in [-0.05, 0) is 37.8 Å². The van der Waals surface area contributed by atoms with Crippen molar-refractivity contribution in [2.75, 3.05) is 13.2 Å². The van der Waals surface area contributed by atoms with E-state index in [9.17, 15) is 4.39 Å². The Labute approximate surface area is 102 Å². The van der Waals surface area contributed by atoms with Crippen molar-refractivity contribution in [3.63, 3.8) is 0 Å². The SMILES string of the molecule is CC(Cc1ccccc1F)NC1CCOCC1. The molecule has 1 N–H and O–H groups in total. The third kappa shape index (κ3) is 3.79. The zero-order chi connectivity index (χ0) is 12.1. The van der Waals surface area contributed by atoms with Crippen LogP contribution < -0.4 is 5.32 Å². The van der Waals surface area contributed by atoms with E-state index >= 15 is 0 Å². The molecule has 1 aliphatic rings. The minimum Gasteiger partial charge on any atom is -0.381 e. The van der Waals surface area contributed by atoms with Crippen LogP contribution in [0.15, 0.2) is 24.3 Å². The summed E-state index contributed by atoms with van der Waals surface area (Å²) in [5.74, 6) is -0.104. The van der Waals surface area contributed by atoms with Crippen molar-refractivity contribution in [2.45, 2.75) is 38.3 Å². The van der Waals surface area contributed by atoms with Gasteiger partial charge >= 0.3 is 0 Å². The van der Waals surface area contributed by atoms with E-state index in [0.717, 1.165) is 38.0 Å². The highest BCUT2D eigenvalue weighted by Gasteiger charge is 2.16. The van der Waals surface area contributed by atoms with Gasteiger partial charge in [0, 0.05) is 25.3 Å². The van der Waals surface area contributed by atoms with E-state index in [1.807, 2.05) is 12.1 Å². The van der Waals surface area contributed by atoms with Gasteiger partial charge in [0.1, 0.15) is 5.82 Å². The van der Waals surface area contributed by atoms with E-state index in [1.54, 1.807) is 6.07 Å². The first-order valence-electron chi connectivity index (χ1n) is 6.33. The van der Waals surface area contributed by atoms with Gasteiger partial charge in [0.2, 0.25) is 0 Å². The largest absolute Gasteiger partial charge is 0.381 e. The first-order chi connectivity index (χ1) is 8.25. The molecule has 0 radical (unpaired) electrons. The lowest BCUT2D eigenvalue weighted by molar-refractivity contribution is 0.0754. The molecule has 2 rings (SSSR count). The summed E-state index contributed by atoms with van der Waals surface area (Å²) in [6, 6.07) is 7.82. The van der Waals surface area contributed by atoms with Crippen LogP contribution in [-0.2, 0) is 11.2 Å². The highest BCUT2D eigenvalue weighted by atomic mass is 19.1. The van der Waals surface area contributed by atoms with Crippen molar-refractivity contribution in [2.24, 2.45) is 0 Å². The van der Waals surface area contributed by atoms with Gasteiger partial charge < -0.3 is 10.1 Å². The lowest BCUT2D eigenvalue weighted by atomic mass is 10.0. The van der Waals surface area contributed by atoms with Crippen molar-refractivity contribution in [3.8, 4) is 0 Å². The topological polar surface area (TPSA) is 21.3 Å². The average molecular weight is 237 g/mol. The fraction of sp³-hybridized carbons (Fsp3) is 0.571. The van der Waals surface area contributed by atoms with E-state index in [1.165, 1.54) is 6.07 Å². The molecule has 0 aromatic heterocycles. The zero-order valence-corrected chi connectivity index (χ0v) is 10.3. The molecule has 0 amide bonds. The second kappa shape index (κ2) is 6.12. The summed E-state index contributed by atoms with van der Waals surface area (Å²) in [5, 5.41) is 3.55. The predicted molar refractivity (Wildman–Crippen MR) is 66.5 cm³/mol. The van der Waals surface area contributed by atoms with Gasteiger partial charge in [0.05, 0.1) is 0 Å². The summed E-state index contributed by atoms with van der Waals surface area (Å²) in [6.07, 6.45) is 2.85. The smallest absolute Gasteiger partial charge is 0.126 e. The van der Waals surface area contributed by atoms with Gasteiger partial charge in [-0.1, -0.05) is 18.2 Å². The van der Waals surface area contributed by atoms with Gasteiger partial charge in [-0.25, -0.2) is 4.39 Å². The van der Waals surface area contributed by atoms with Crippen LogP contribution in [0, 0.1) is 5.82 Å². The molecule has 3 heteroatoms. The monoisotopic (exact) mass is 237 g/mol. The van der Waals surface area contributed by atoms with Crippen LogP contribution in [0.3, 0.4) is 0 Å². The molecule has 1 aromatic carbocycles. The minimum absolute atomic E-state index is 0.104. The number of nitrogens with one attached hydrogen (secondary N) is 1. The van der Waals surface area contributed by atoms with Crippen LogP contribution in [0.4, 0.5) is 4.39 Å². The van der Waals surface area contributed by atoms with Gasteiger partial charge in [0.25, 0.3) is 0 Å². The number of rotatable bonds is 4. The van der Waals surface area contributed by atoms with Crippen molar-refractivity contribution >= 4 is 0 Å². The molecule has 0 spiro atoms. The first-order valence-corrected chi connectivity index (χ1v) is 6.33. The van der Waals surface area contributed by atoms with Gasteiger partial charge in [0.15, 0.2) is 0 Å². The Bertz CT molecular complexity index is 350. The van der Waals surface area contributed by atoms with E-state index in [-0.39, 0.29) is 5.82 Å². The number of ether oxygens (including phenoxy) is 1. The van der Waals surface area contributed by atoms with Crippen LogP contribution in [-0.4, -0.2) is 25.3 Å². The van der Waals surface area contributed by atoms with Crippen molar-refractivity contribution in [1.82, 2.24) is 5.32 Å². The molecule has 1 aromatic rings. The Balaban J connectivity index is 1.84. The molecule has 1 heterocycles. The predicted octanol–water partition coefficient (Wildman–Crippen LogP) is 2.53. The van der Waals surface area contributed by atoms with Gasteiger partial charge in [-0.2, -0.15) is 0 Å². The summed E-state index contributed by atoms with van der Waals surface area (Å²) in [4.78, 5) is 0. The van der Waals surface area contributed by atoms with E-state index in [2.05, 4.69) is 12.2 Å². The van der Waals surface area contributed by atoms with Crippen LogP contribution in [0.5, 0.6) is 0 Å². The Morgan fingerprint density at radius 2 is 2.06 bits per heavy atom. The summed E-state index contributed by atoms with van der Waals surface area (Å²) in [7, 11) is 0. The number of halogens is 1. The second-order valence-electron chi connectivity index (χ2n) is 4.75. The molecule has 1 atom stereocenters. The molecule has 1 fully saturated rings. The lowest BCUT2D eigenvalue weighted by Crippen LogP contribution is -2.41. The van der Waals surface area contributed by atoms with Crippen LogP contribution in [0.25, 0.3) is 0 Å². The summed E-state index contributed by atoms with van der Waals surface area (Å²) in [5.41, 5.74) is 0.791. The Kier molecular flexibility index (Phi) is 4.51. The molecule has 1 aliphatic heterocycles. The Hall–Kier alpha value is -0.930. The van der Waals surface area contributed by atoms with Crippen LogP contribution >= 0.6 is 0 Å². The molecular formula is C14H20FNO. The second-order valence-corrected chi connectivity index (χ2v) is 4.75. The van der Waals surface area contributed by atoms with Crippen molar-refractivity contribution in [1.29, 1.82) is 0 Å². The third-order valence-electron chi connectivity index (χ3n) is 3.23. The van der Waals surface area contributed by atoms with Gasteiger partial charge in [-0.15, -0.1) is 0 Å². The first kappa shape index (κ1) is 12.5. The van der Waals surface area contributed by atoms with Gasteiger partial charge in [-0.3, -0.25) is 0 Å². The van der Waals surface area contributed by atoms with E-state index in [4.69, 9.17) is 4.74 Å². The van der Waals surface area contributed by atoms with Crippen LogP contribution in [0.1, 0.15) is 25.3 Å². The average Bonchev–Trinajstić information content (AvgIpc) is 2.33. The molecular weight excluding hydrogens is 217 g/mol. The highest BCUT2D eigenvalue weighted by molar-refractivity contribution is 5.18. The molecule has 0 aliphatic carbocycles. The molecule has 2 nitrogen and oxygen atoms in total. The number of hydrogen-bond acceptors (Lipinski definition) is 2. The molecule has 17 heavy (non-hydrogen) atoms. The van der Waals surface area contributed by atoms with E-state index in [0.29, 0.717) is 12.1 Å². The molecule has 1 saturated heterocycles. The van der Waals surface area contributed by atoms with Crippen molar-refractivity contribution < 1.29 is 9.13 Å². The maximum atomic E-state index is 13.5. The zero-order valence-electron chi connectivity index (χ0n) is 10.3.